The summed E-state index contributed by atoms with van der Waals surface area (Å²) in [5.74, 6) is 0.436. The minimum Gasteiger partial charge on any atom is -0.481 e. The van der Waals surface area contributed by atoms with Crippen molar-refractivity contribution < 1.29 is 14.6 Å². The summed E-state index contributed by atoms with van der Waals surface area (Å²) in [7, 11) is 1.47. The van der Waals surface area contributed by atoms with Crippen molar-refractivity contribution in [2.24, 2.45) is 0 Å². The van der Waals surface area contributed by atoms with E-state index in [4.69, 9.17) is 9.47 Å². The van der Waals surface area contributed by atoms with E-state index in [-0.39, 0.29) is 17.5 Å². The molecule has 3 aromatic rings. The molecular weight excluding hydrogens is 390 g/mol. The SMILES string of the molecule is COc1nc(C#N)cc2c1[C@]1(O)CC[C@@H](c3ccccc3)[C@]1(c1ccc(C#N)cc1)O2. The van der Waals surface area contributed by atoms with Crippen LogP contribution in [0.15, 0.2) is 60.7 Å². The smallest absolute Gasteiger partial charge is 0.224 e. The van der Waals surface area contributed by atoms with Gasteiger partial charge in [0, 0.05) is 12.0 Å². The molecule has 2 aliphatic rings. The van der Waals surface area contributed by atoms with Crippen molar-refractivity contribution >= 4 is 0 Å². The van der Waals surface area contributed by atoms with Gasteiger partial charge in [-0.15, -0.1) is 0 Å². The number of benzene rings is 2. The zero-order valence-electron chi connectivity index (χ0n) is 16.9. The molecule has 2 aromatic carbocycles. The maximum absolute atomic E-state index is 12.2. The second-order valence-corrected chi connectivity index (χ2v) is 7.89. The fourth-order valence-corrected chi connectivity index (χ4v) is 5.21. The highest BCUT2D eigenvalue weighted by molar-refractivity contribution is 5.58. The zero-order chi connectivity index (χ0) is 21.6. The summed E-state index contributed by atoms with van der Waals surface area (Å²) in [5.41, 5.74) is 0.402. The van der Waals surface area contributed by atoms with Crippen LogP contribution in [0, 0.1) is 22.7 Å². The average molecular weight is 409 g/mol. The Balaban J connectivity index is 1.79. The number of methoxy groups -OCH3 is 1. The summed E-state index contributed by atoms with van der Waals surface area (Å²) in [4.78, 5) is 4.27. The van der Waals surface area contributed by atoms with E-state index in [1.54, 1.807) is 18.2 Å². The van der Waals surface area contributed by atoms with E-state index in [0.717, 1.165) is 11.1 Å². The van der Waals surface area contributed by atoms with Gasteiger partial charge in [0.1, 0.15) is 23.1 Å². The van der Waals surface area contributed by atoms with Crippen LogP contribution < -0.4 is 9.47 Å². The minimum atomic E-state index is -1.41. The Labute approximate surface area is 179 Å². The van der Waals surface area contributed by atoms with Crippen LogP contribution >= 0.6 is 0 Å². The van der Waals surface area contributed by atoms with Gasteiger partial charge in [-0.1, -0.05) is 42.5 Å². The predicted octanol–water partition coefficient (Wildman–Crippen LogP) is 3.89. The molecular formula is C25H19N3O3. The molecule has 1 aromatic heterocycles. The molecule has 6 nitrogen and oxygen atoms in total. The van der Waals surface area contributed by atoms with Gasteiger partial charge >= 0.3 is 0 Å². The predicted molar refractivity (Wildman–Crippen MR) is 111 cm³/mol. The fraction of sp³-hybridized carbons (Fsp3) is 0.240. The van der Waals surface area contributed by atoms with Crippen molar-refractivity contribution in [2.75, 3.05) is 7.11 Å². The highest BCUT2D eigenvalue weighted by atomic mass is 16.5. The Hall–Kier alpha value is -3.87. The fourth-order valence-electron chi connectivity index (χ4n) is 5.21. The molecule has 2 heterocycles. The maximum atomic E-state index is 12.2. The number of fused-ring (bicyclic) bond motifs is 3. The molecule has 1 fully saturated rings. The van der Waals surface area contributed by atoms with E-state index < -0.39 is 11.2 Å². The maximum Gasteiger partial charge on any atom is 0.224 e. The third kappa shape index (κ3) is 2.49. The molecule has 152 valence electrons. The first-order valence-corrected chi connectivity index (χ1v) is 10.0. The number of ether oxygens (including phenoxy) is 2. The van der Waals surface area contributed by atoms with Gasteiger partial charge in [0.15, 0.2) is 5.60 Å². The lowest BCUT2D eigenvalue weighted by Crippen LogP contribution is -2.48. The van der Waals surface area contributed by atoms with Crippen LogP contribution in [0.1, 0.15) is 46.7 Å². The van der Waals surface area contributed by atoms with Crippen LogP contribution in [0.5, 0.6) is 11.6 Å². The van der Waals surface area contributed by atoms with Gasteiger partial charge in [0.2, 0.25) is 5.88 Å². The first-order valence-electron chi connectivity index (χ1n) is 10.0. The van der Waals surface area contributed by atoms with Crippen molar-refractivity contribution in [3.63, 3.8) is 0 Å². The topological polar surface area (TPSA) is 99.2 Å². The molecule has 1 aliphatic carbocycles. The van der Waals surface area contributed by atoms with E-state index in [1.807, 2.05) is 48.5 Å². The highest BCUT2D eigenvalue weighted by Crippen LogP contribution is 2.67. The van der Waals surface area contributed by atoms with Crippen molar-refractivity contribution in [3.8, 4) is 23.8 Å². The van der Waals surface area contributed by atoms with Crippen LogP contribution in [0.25, 0.3) is 0 Å². The van der Waals surface area contributed by atoms with Gasteiger partial charge in [-0.3, -0.25) is 0 Å². The quantitative estimate of drug-likeness (QED) is 0.705. The van der Waals surface area contributed by atoms with Crippen LogP contribution in [0.4, 0.5) is 0 Å². The molecule has 0 spiro atoms. The first-order chi connectivity index (χ1) is 15.1. The number of pyridine rings is 1. The molecule has 31 heavy (non-hydrogen) atoms. The number of aromatic nitrogens is 1. The Kier molecular flexibility index (Phi) is 4.22. The van der Waals surface area contributed by atoms with Crippen LogP contribution in [-0.2, 0) is 11.2 Å². The number of hydrogen-bond donors (Lipinski definition) is 1. The van der Waals surface area contributed by atoms with Crippen molar-refractivity contribution in [2.45, 2.75) is 30.0 Å². The summed E-state index contributed by atoms with van der Waals surface area (Å²) >= 11 is 0. The highest BCUT2D eigenvalue weighted by Gasteiger charge is 2.69. The Morgan fingerprint density at radius 1 is 1.10 bits per heavy atom. The van der Waals surface area contributed by atoms with Crippen molar-refractivity contribution in [1.82, 2.24) is 4.98 Å². The van der Waals surface area contributed by atoms with Gasteiger partial charge in [0.05, 0.1) is 24.3 Å². The molecule has 0 saturated heterocycles. The molecule has 3 atom stereocenters. The second kappa shape index (κ2) is 6.84. The largest absolute Gasteiger partial charge is 0.481 e. The van der Waals surface area contributed by atoms with Crippen LogP contribution in [-0.4, -0.2) is 17.2 Å². The number of hydrogen-bond acceptors (Lipinski definition) is 6. The number of aliphatic hydroxyl groups is 1. The van der Waals surface area contributed by atoms with E-state index >= 15 is 0 Å². The third-order valence-corrected chi connectivity index (χ3v) is 6.49. The third-order valence-electron chi connectivity index (χ3n) is 6.49. The molecule has 0 amide bonds. The first kappa shape index (κ1) is 19.1. The molecule has 0 radical (unpaired) electrons. The summed E-state index contributed by atoms with van der Waals surface area (Å²) in [6.45, 7) is 0. The van der Waals surface area contributed by atoms with E-state index in [1.165, 1.54) is 7.11 Å². The van der Waals surface area contributed by atoms with E-state index in [9.17, 15) is 15.6 Å². The monoisotopic (exact) mass is 409 g/mol. The summed E-state index contributed by atoms with van der Waals surface area (Å²) in [6.07, 6.45) is 1.12. The van der Waals surface area contributed by atoms with E-state index in [0.29, 0.717) is 29.7 Å². The standard InChI is InChI=1S/C25H19N3O3/c1-30-23-22-21(13-19(15-27)28-23)31-25(18-9-7-16(14-26)8-10-18)20(11-12-24(22,25)29)17-5-3-2-4-6-17/h2-10,13,20,29H,11-12H2,1H3/t20-,24+,25-/m0/s1. The Morgan fingerprint density at radius 3 is 2.48 bits per heavy atom. The number of nitriles is 2. The van der Waals surface area contributed by atoms with Crippen molar-refractivity contribution in [3.05, 3.63) is 88.6 Å². The lowest BCUT2D eigenvalue weighted by atomic mass is 9.72. The zero-order valence-corrected chi connectivity index (χ0v) is 16.9. The minimum absolute atomic E-state index is 0.158. The van der Waals surface area contributed by atoms with Crippen molar-refractivity contribution in [1.29, 1.82) is 10.5 Å². The summed E-state index contributed by atoms with van der Waals surface area (Å²) in [6, 6.07) is 22.8. The molecule has 6 heteroatoms. The summed E-state index contributed by atoms with van der Waals surface area (Å²) < 4.78 is 12.1. The average Bonchev–Trinajstić information content (AvgIpc) is 3.26. The molecule has 0 unspecified atom stereocenters. The lowest BCUT2D eigenvalue weighted by molar-refractivity contribution is -0.106. The molecule has 1 aliphatic heterocycles. The molecule has 1 N–H and O–H groups in total. The number of nitrogens with zero attached hydrogens (tertiary/aromatic N) is 3. The molecule has 0 bridgehead atoms. The van der Waals surface area contributed by atoms with Gasteiger partial charge in [-0.05, 0) is 36.1 Å². The van der Waals surface area contributed by atoms with Gasteiger partial charge < -0.3 is 14.6 Å². The normalized spacial score (nSPS) is 25.6. The van der Waals surface area contributed by atoms with Gasteiger partial charge in [-0.25, -0.2) is 4.98 Å². The molecule has 5 rings (SSSR count). The van der Waals surface area contributed by atoms with Crippen LogP contribution in [0.3, 0.4) is 0 Å². The van der Waals surface area contributed by atoms with E-state index in [2.05, 4.69) is 11.1 Å². The Morgan fingerprint density at radius 2 is 1.84 bits per heavy atom. The van der Waals surface area contributed by atoms with Gasteiger partial charge in [0.25, 0.3) is 0 Å². The number of rotatable bonds is 3. The Bertz CT molecular complexity index is 1240. The lowest BCUT2D eigenvalue weighted by Gasteiger charge is -2.40. The second-order valence-electron chi connectivity index (χ2n) is 7.89. The summed E-state index contributed by atoms with van der Waals surface area (Å²) in [5, 5.41) is 30.9. The van der Waals surface area contributed by atoms with Crippen LogP contribution in [0.2, 0.25) is 0 Å². The molecule has 1 saturated carbocycles. The van der Waals surface area contributed by atoms with Gasteiger partial charge in [-0.2, -0.15) is 10.5 Å².